The van der Waals surface area contributed by atoms with E-state index in [1.54, 1.807) is 6.92 Å². The number of alkyl halides is 2. The van der Waals surface area contributed by atoms with E-state index in [4.69, 9.17) is 0 Å². The number of hydrogen-bond acceptors (Lipinski definition) is 3. The van der Waals surface area contributed by atoms with Crippen molar-refractivity contribution in [3.63, 3.8) is 0 Å². The zero-order chi connectivity index (χ0) is 12.3. The summed E-state index contributed by atoms with van der Waals surface area (Å²) in [5, 5.41) is 0. The van der Waals surface area contributed by atoms with E-state index in [0.29, 0.717) is 11.8 Å². The van der Waals surface area contributed by atoms with Crippen LogP contribution in [-0.2, 0) is 0 Å². The molecular weight excluding hydrogens is 218 g/mol. The van der Waals surface area contributed by atoms with Crippen LogP contribution in [0.5, 0.6) is 5.75 Å². The van der Waals surface area contributed by atoms with E-state index < -0.39 is 6.61 Å². The van der Waals surface area contributed by atoms with Crippen LogP contribution in [-0.4, -0.2) is 18.7 Å². The van der Waals surface area contributed by atoms with Gasteiger partial charge in [-0.25, -0.2) is 0 Å². The van der Waals surface area contributed by atoms with E-state index in [0.717, 1.165) is 6.07 Å². The third-order valence-electron chi connectivity index (χ3n) is 2.04. The predicted octanol–water partition coefficient (Wildman–Crippen LogP) is 2.61. The van der Waals surface area contributed by atoms with Gasteiger partial charge < -0.3 is 4.74 Å². The Bertz CT molecular complexity index is 427. The Morgan fingerprint density at radius 2 is 2.06 bits per heavy atom. The molecule has 0 aromatic heterocycles. The number of hydrogen-bond donors (Lipinski definition) is 0. The molecule has 0 fully saturated rings. The van der Waals surface area contributed by atoms with Gasteiger partial charge in [-0.2, -0.15) is 8.78 Å². The average molecular weight is 228 g/mol. The van der Waals surface area contributed by atoms with Gasteiger partial charge in [0.05, 0.1) is 0 Å². The zero-order valence-corrected chi connectivity index (χ0v) is 8.79. The lowest BCUT2D eigenvalue weighted by molar-refractivity contribution is -0.0499. The number of halogens is 2. The number of carbonyl (C=O) groups is 2. The van der Waals surface area contributed by atoms with Crippen molar-refractivity contribution in [1.82, 2.24) is 0 Å². The van der Waals surface area contributed by atoms with E-state index in [9.17, 15) is 18.4 Å². The van der Waals surface area contributed by atoms with Crippen molar-refractivity contribution in [2.75, 3.05) is 0 Å². The van der Waals surface area contributed by atoms with Gasteiger partial charge in [-0.05, 0) is 31.5 Å². The van der Waals surface area contributed by atoms with Crippen molar-refractivity contribution < 1.29 is 23.1 Å². The van der Waals surface area contributed by atoms with Crippen molar-refractivity contribution in [3.05, 3.63) is 28.8 Å². The summed E-state index contributed by atoms with van der Waals surface area (Å²) >= 11 is 0. The second-order valence-electron chi connectivity index (χ2n) is 3.26. The summed E-state index contributed by atoms with van der Waals surface area (Å²) in [6, 6.07) is 2.43. The monoisotopic (exact) mass is 228 g/mol. The van der Waals surface area contributed by atoms with Crippen molar-refractivity contribution in [2.45, 2.75) is 20.5 Å². The predicted molar refractivity (Wildman–Crippen MR) is 53.2 cm³/mol. The van der Waals surface area contributed by atoms with Gasteiger partial charge in [0.1, 0.15) is 5.75 Å². The van der Waals surface area contributed by atoms with Crippen LogP contribution < -0.4 is 4.74 Å². The molecule has 0 amide bonds. The summed E-state index contributed by atoms with van der Waals surface area (Å²) in [6.45, 7) is -0.0903. The van der Waals surface area contributed by atoms with Gasteiger partial charge in [0.2, 0.25) is 0 Å². The summed E-state index contributed by atoms with van der Waals surface area (Å²) in [5.41, 5.74) is 0.729. The van der Waals surface area contributed by atoms with Gasteiger partial charge in [0, 0.05) is 11.1 Å². The molecule has 0 radical (unpaired) electrons. The topological polar surface area (TPSA) is 43.4 Å². The van der Waals surface area contributed by atoms with Crippen LogP contribution in [0.1, 0.15) is 33.2 Å². The molecular formula is C11H10F2O3. The Hall–Kier alpha value is -1.78. The van der Waals surface area contributed by atoms with Crippen LogP contribution in [0.4, 0.5) is 8.78 Å². The molecule has 16 heavy (non-hydrogen) atoms. The number of rotatable bonds is 4. The van der Waals surface area contributed by atoms with Gasteiger partial charge >= 0.3 is 6.61 Å². The van der Waals surface area contributed by atoms with E-state index >= 15 is 0 Å². The Morgan fingerprint density at radius 1 is 1.44 bits per heavy atom. The fraction of sp³-hybridized carbons (Fsp3) is 0.273. The van der Waals surface area contributed by atoms with Crippen LogP contribution in [0.3, 0.4) is 0 Å². The molecule has 1 aromatic carbocycles. The van der Waals surface area contributed by atoms with Crippen LogP contribution in [0.2, 0.25) is 0 Å². The second kappa shape index (κ2) is 4.83. The van der Waals surface area contributed by atoms with Gasteiger partial charge in [0.25, 0.3) is 0 Å². The van der Waals surface area contributed by atoms with Crippen molar-refractivity contribution in [2.24, 2.45) is 0 Å². The number of Topliss-reactive ketones (excluding diaryl/α,β-unsaturated/α-hetero) is 1. The number of ether oxygens (including phenoxy) is 1. The minimum Gasteiger partial charge on any atom is -0.435 e. The number of aldehydes is 1. The molecule has 5 heteroatoms. The largest absolute Gasteiger partial charge is 0.435 e. The van der Waals surface area contributed by atoms with Crippen LogP contribution in [0.25, 0.3) is 0 Å². The highest BCUT2D eigenvalue weighted by Crippen LogP contribution is 2.23. The third-order valence-corrected chi connectivity index (χ3v) is 2.04. The van der Waals surface area contributed by atoms with Crippen LogP contribution >= 0.6 is 0 Å². The highest BCUT2D eigenvalue weighted by molar-refractivity contribution is 6.02. The van der Waals surface area contributed by atoms with E-state index in [1.807, 2.05) is 0 Å². The standard InChI is InChI=1S/C11H10F2O3/c1-6-3-9(16-11(12)13)4-8(5-14)10(6)7(2)15/h3-5,11H,1-2H3. The lowest BCUT2D eigenvalue weighted by atomic mass is 9.99. The average Bonchev–Trinajstić information content (AvgIpc) is 2.14. The lowest BCUT2D eigenvalue weighted by Gasteiger charge is -2.10. The molecule has 0 bridgehead atoms. The van der Waals surface area contributed by atoms with Gasteiger partial charge in [-0.1, -0.05) is 0 Å². The van der Waals surface area contributed by atoms with Gasteiger partial charge in [-0.3, -0.25) is 9.59 Å². The van der Waals surface area contributed by atoms with Crippen LogP contribution in [0, 0.1) is 6.92 Å². The fourth-order valence-electron chi connectivity index (χ4n) is 1.53. The molecule has 0 atom stereocenters. The first kappa shape index (κ1) is 12.3. The molecule has 0 spiro atoms. The van der Waals surface area contributed by atoms with Crippen molar-refractivity contribution in [1.29, 1.82) is 0 Å². The maximum Gasteiger partial charge on any atom is 0.387 e. The first-order chi connectivity index (χ1) is 7.45. The minimum absolute atomic E-state index is 0.0585. The highest BCUT2D eigenvalue weighted by Gasteiger charge is 2.14. The summed E-state index contributed by atoms with van der Waals surface area (Å²) in [4.78, 5) is 22.0. The molecule has 0 unspecified atom stereocenters. The van der Waals surface area contributed by atoms with Crippen molar-refractivity contribution >= 4 is 12.1 Å². The Balaban J connectivity index is 3.26. The zero-order valence-electron chi connectivity index (χ0n) is 8.79. The Morgan fingerprint density at radius 3 is 2.50 bits per heavy atom. The maximum absolute atomic E-state index is 12.0. The number of benzene rings is 1. The number of carbonyl (C=O) groups excluding carboxylic acids is 2. The summed E-state index contributed by atoms with van der Waals surface area (Å²) in [6.07, 6.45) is 0.446. The summed E-state index contributed by atoms with van der Waals surface area (Å²) < 4.78 is 28.1. The second-order valence-corrected chi connectivity index (χ2v) is 3.26. The molecule has 0 aliphatic rings. The van der Waals surface area contributed by atoms with Gasteiger partial charge in [0.15, 0.2) is 12.1 Å². The smallest absolute Gasteiger partial charge is 0.387 e. The molecule has 0 aliphatic heterocycles. The molecule has 0 heterocycles. The van der Waals surface area contributed by atoms with E-state index in [1.165, 1.54) is 13.0 Å². The first-order valence-electron chi connectivity index (χ1n) is 4.51. The summed E-state index contributed by atoms with van der Waals surface area (Å²) in [5.74, 6) is -0.414. The molecule has 86 valence electrons. The molecule has 0 N–H and O–H groups in total. The lowest BCUT2D eigenvalue weighted by Crippen LogP contribution is -2.06. The molecule has 1 aromatic rings. The minimum atomic E-state index is -2.96. The van der Waals surface area contributed by atoms with Gasteiger partial charge in [-0.15, -0.1) is 0 Å². The van der Waals surface area contributed by atoms with E-state index in [-0.39, 0.29) is 22.7 Å². The third kappa shape index (κ3) is 2.62. The molecule has 0 saturated carbocycles. The van der Waals surface area contributed by atoms with Crippen LogP contribution in [0.15, 0.2) is 12.1 Å². The maximum atomic E-state index is 12.0. The number of aryl methyl sites for hydroxylation is 1. The fourth-order valence-corrected chi connectivity index (χ4v) is 1.53. The summed E-state index contributed by atoms with van der Waals surface area (Å²) in [7, 11) is 0. The molecule has 3 nitrogen and oxygen atoms in total. The first-order valence-corrected chi connectivity index (χ1v) is 4.51. The van der Waals surface area contributed by atoms with E-state index in [2.05, 4.69) is 4.74 Å². The Labute approximate surface area is 91.0 Å². The molecule has 0 aliphatic carbocycles. The SMILES string of the molecule is CC(=O)c1c(C)cc(OC(F)F)cc1C=O. The van der Waals surface area contributed by atoms with Crippen molar-refractivity contribution in [3.8, 4) is 5.75 Å². The molecule has 1 rings (SSSR count). The quantitative estimate of drug-likeness (QED) is 0.587. The molecule has 0 saturated heterocycles. The Kier molecular flexibility index (Phi) is 3.71. The highest BCUT2D eigenvalue weighted by atomic mass is 19.3. The normalized spacial score (nSPS) is 10.3. The number of ketones is 1.